The molecule has 0 radical (unpaired) electrons. The molecule has 22 heavy (non-hydrogen) atoms. The van der Waals surface area contributed by atoms with Crippen LogP contribution in [0.2, 0.25) is 0 Å². The van der Waals surface area contributed by atoms with Crippen LogP contribution in [0.25, 0.3) is 0 Å². The predicted molar refractivity (Wildman–Crippen MR) is 85.7 cm³/mol. The Morgan fingerprint density at radius 1 is 1.41 bits per heavy atom. The number of nitrogens with one attached hydrogen (secondary N) is 1. The topological polar surface area (TPSA) is 74.2 Å². The Morgan fingerprint density at radius 3 is 2.77 bits per heavy atom. The van der Waals surface area contributed by atoms with Gasteiger partial charge in [-0.2, -0.15) is 0 Å². The molecule has 0 bridgehead atoms. The van der Waals surface area contributed by atoms with E-state index in [2.05, 4.69) is 15.2 Å². The largest absolute Gasteiger partial charge is 0.466 e. The number of rotatable bonds is 5. The second kappa shape index (κ2) is 7.81. The summed E-state index contributed by atoms with van der Waals surface area (Å²) in [6.45, 7) is 7.04. The van der Waals surface area contributed by atoms with Crippen LogP contribution >= 0.6 is 0 Å². The lowest BCUT2D eigenvalue weighted by atomic mass is 9.80. The molecule has 0 spiro atoms. The first-order valence-corrected chi connectivity index (χ1v) is 8.50. The maximum Gasteiger partial charge on any atom is 0.310 e. The van der Waals surface area contributed by atoms with Gasteiger partial charge in [0.15, 0.2) is 5.96 Å². The zero-order chi connectivity index (χ0) is 16.0. The van der Waals surface area contributed by atoms with E-state index in [1.165, 1.54) is 0 Å². The first-order chi connectivity index (χ1) is 10.6. The summed E-state index contributed by atoms with van der Waals surface area (Å²) in [6, 6.07) is 0. The molecule has 1 aliphatic heterocycles. The number of nitrogens with zero attached hydrogens (tertiary/aromatic N) is 2. The molecule has 1 unspecified atom stereocenters. The number of carbonyl (C=O) groups is 1. The molecule has 1 atom stereocenters. The lowest BCUT2D eigenvalue weighted by molar-refractivity contribution is -0.149. The highest BCUT2D eigenvalue weighted by molar-refractivity contribution is 5.81. The summed E-state index contributed by atoms with van der Waals surface area (Å²) in [5.41, 5.74) is -0.614. The molecule has 2 N–H and O–H groups in total. The molecular weight excluding hydrogens is 282 g/mol. The number of ether oxygens (including phenoxy) is 1. The second-order valence-electron chi connectivity index (χ2n) is 6.29. The van der Waals surface area contributed by atoms with Crippen LogP contribution in [-0.2, 0) is 9.53 Å². The fraction of sp³-hybridized carbons (Fsp3) is 0.875. The van der Waals surface area contributed by atoms with Gasteiger partial charge in [0, 0.05) is 19.6 Å². The maximum atomic E-state index is 11.9. The van der Waals surface area contributed by atoms with E-state index in [9.17, 15) is 9.90 Å². The average molecular weight is 311 g/mol. The van der Waals surface area contributed by atoms with Crippen molar-refractivity contribution in [3.63, 3.8) is 0 Å². The number of likely N-dealkylation sites (tertiary alicyclic amines) is 1. The molecule has 2 rings (SSSR count). The molecule has 1 aliphatic carbocycles. The Kier molecular flexibility index (Phi) is 6.06. The number of hydrogen-bond donors (Lipinski definition) is 2. The molecule has 1 heterocycles. The summed E-state index contributed by atoms with van der Waals surface area (Å²) < 4.78 is 5.14. The van der Waals surface area contributed by atoms with Gasteiger partial charge < -0.3 is 20.1 Å². The summed E-state index contributed by atoms with van der Waals surface area (Å²) in [5, 5.41) is 13.5. The zero-order valence-corrected chi connectivity index (χ0v) is 13.8. The van der Waals surface area contributed by atoms with Crippen LogP contribution in [0.1, 0.15) is 46.0 Å². The van der Waals surface area contributed by atoms with Gasteiger partial charge in [-0.05, 0) is 46.0 Å². The molecule has 126 valence electrons. The number of esters is 1. The predicted octanol–water partition coefficient (Wildman–Crippen LogP) is 1.14. The number of aliphatic imine (C=N–C) groups is 1. The number of aliphatic hydroxyl groups is 1. The van der Waals surface area contributed by atoms with Crippen molar-refractivity contribution < 1.29 is 14.6 Å². The van der Waals surface area contributed by atoms with E-state index >= 15 is 0 Å². The van der Waals surface area contributed by atoms with Crippen molar-refractivity contribution in [2.24, 2.45) is 10.9 Å². The van der Waals surface area contributed by atoms with Crippen molar-refractivity contribution in [1.82, 2.24) is 10.2 Å². The number of hydrogen-bond acceptors (Lipinski definition) is 4. The molecule has 0 aromatic carbocycles. The molecule has 0 amide bonds. The molecule has 2 aliphatic rings. The van der Waals surface area contributed by atoms with E-state index in [1.54, 1.807) is 0 Å². The van der Waals surface area contributed by atoms with Crippen LogP contribution in [-0.4, -0.2) is 60.3 Å². The minimum atomic E-state index is -0.614. The maximum absolute atomic E-state index is 11.9. The quantitative estimate of drug-likeness (QED) is 0.452. The van der Waals surface area contributed by atoms with E-state index in [1.807, 2.05) is 13.8 Å². The Labute approximate surface area is 132 Å². The van der Waals surface area contributed by atoms with Gasteiger partial charge in [0.2, 0.25) is 0 Å². The van der Waals surface area contributed by atoms with E-state index < -0.39 is 5.60 Å². The Morgan fingerprint density at radius 2 is 2.18 bits per heavy atom. The highest BCUT2D eigenvalue weighted by Crippen LogP contribution is 2.31. The molecular formula is C16H29N3O3. The van der Waals surface area contributed by atoms with E-state index in [4.69, 9.17) is 4.74 Å². The van der Waals surface area contributed by atoms with Gasteiger partial charge in [-0.25, -0.2) is 0 Å². The standard InChI is InChI=1S/C16H29N3O3/c1-3-17-15(18-12-16(21)8-6-9-16)19-10-5-7-13(11-19)14(20)22-4-2/h13,21H,3-12H2,1-2H3,(H,17,18). The first kappa shape index (κ1) is 17.1. The number of carbonyl (C=O) groups excluding carboxylic acids is 1. The fourth-order valence-electron chi connectivity index (χ4n) is 3.01. The van der Waals surface area contributed by atoms with Gasteiger partial charge in [-0.3, -0.25) is 9.79 Å². The summed E-state index contributed by atoms with van der Waals surface area (Å²) in [6.07, 6.45) is 4.58. The molecule has 1 saturated heterocycles. The molecule has 6 nitrogen and oxygen atoms in total. The van der Waals surface area contributed by atoms with Gasteiger partial charge in [0.1, 0.15) is 0 Å². The minimum Gasteiger partial charge on any atom is -0.466 e. The summed E-state index contributed by atoms with van der Waals surface area (Å²) >= 11 is 0. The molecule has 2 fully saturated rings. The van der Waals surface area contributed by atoms with Gasteiger partial charge in [-0.1, -0.05) is 0 Å². The minimum absolute atomic E-state index is 0.0793. The lowest BCUT2D eigenvalue weighted by Gasteiger charge is -2.37. The SMILES string of the molecule is CCNC(=NCC1(O)CCC1)N1CCCC(C(=O)OCC)C1. The van der Waals surface area contributed by atoms with Crippen LogP contribution in [0.5, 0.6) is 0 Å². The molecule has 0 aromatic heterocycles. The number of guanidine groups is 1. The van der Waals surface area contributed by atoms with Crippen LogP contribution in [0.3, 0.4) is 0 Å². The van der Waals surface area contributed by atoms with Crippen LogP contribution in [0.4, 0.5) is 0 Å². The van der Waals surface area contributed by atoms with E-state index in [0.29, 0.717) is 19.7 Å². The Balaban J connectivity index is 1.97. The highest BCUT2D eigenvalue weighted by atomic mass is 16.5. The monoisotopic (exact) mass is 311 g/mol. The van der Waals surface area contributed by atoms with Gasteiger partial charge in [0.05, 0.1) is 24.7 Å². The normalized spacial score (nSPS) is 24.6. The van der Waals surface area contributed by atoms with Gasteiger partial charge in [-0.15, -0.1) is 0 Å². The smallest absolute Gasteiger partial charge is 0.310 e. The highest BCUT2D eigenvalue weighted by Gasteiger charge is 2.35. The third kappa shape index (κ3) is 4.35. The Hall–Kier alpha value is -1.30. The third-order valence-corrected chi connectivity index (χ3v) is 4.48. The van der Waals surface area contributed by atoms with Crippen molar-refractivity contribution >= 4 is 11.9 Å². The van der Waals surface area contributed by atoms with Crippen molar-refractivity contribution in [1.29, 1.82) is 0 Å². The van der Waals surface area contributed by atoms with Crippen molar-refractivity contribution in [3.05, 3.63) is 0 Å². The zero-order valence-electron chi connectivity index (χ0n) is 13.8. The average Bonchev–Trinajstić information content (AvgIpc) is 2.50. The third-order valence-electron chi connectivity index (χ3n) is 4.48. The van der Waals surface area contributed by atoms with Crippen molar-refractivity contribution in [2.75, 3.05) is 32.8 Å². The first-order valence-electron chi connectivity index (χ1n) is 8.50. The molecule has 6 heteroatoms. The molecule has 1 saturated carbocycles. The van der Waals surface area contributed by atoms with E-state index in [-0.39, 0.29) is 11.9 Å². The Bertz CT molecular complexity index is 407. The van der Waals surface area contributed by atoms with Crippen molar-refractivity contribution in [3.8, 4) is 0 Å². The van der Waals surface area contributed by atoms with Crippen LogP contribution < -0.4 is 5.32 Å². The summed E-state index contributed by atoms with van der Waals surface area (Å²) in [4.78, 5) is 18.7. The van der Waals surface area contributed by atoms with Crippen LogP contribution in [0.15, 0.2) is 4.99 Å². The fourth-order valence-corrected chi connectivity index (χ4v) is 3.01. The van der Waals surface area contributed by atoms with Crippen molar-refractivity contribution in [2.45, 2.75) is 51.6 Å². The summed E-state index contributed by atoms with van der Waals surface area (Å²) in [5.74, 6) is 0.613. The lowest BCUT2D eigenvalue weighted by Crippen LogP contribution is -2.49. The van der Waals surface area contributed by atoms with Gasteiger partial charge in [0.25, 0.3) is 0 Å². The second-order valence-corrected chi connectivity index (χ2v) is 6.29. The van der Waals surface area contributed by atoms with E-state index in [0.717, 1.165) is 51.2 Å². The number of piperidine rings is 1. The summed E-state index contributed by atoms with van der Waals surface area (Å²) in [7, 11) is 0. The molecule has 0 aromatic rings. The van der Waals surface area contributed by atoms with Crippen LogP contribution in [0, 0.1) is 5.92 Å². The van der Waals surface area contributed by atoms with Gasteiger partial charge >= 0.3 is 5.97 Å².